The van der Waals surface area contributed by atoms with Crippen LogP contribution in [0.25, 0.3) is 0 Å². The number of fused-ring (bicyclic) bond motifs is 3. The van der Waals surface area contributed by atoms with Crippen molar-refractivity contribution < 1.29 is 4.74 Å². The van der Waals surface area contributed by atoms with Crippen molar-refractivity contribution in [2.45, 2.75) is 88.8 Å². The van der Waals surface area contributed by atoms with Crippen molar-refractivity contribution in [3.63, 3.8) is 0 Å². The molecule has 7 nitrogen and oxygen atoms in total. The Bertz CT molecular complexity index is 1230. The largest absolute Gasteiger partial charge is 0.462 e. The van der Waals surface area contributed by atoms with E-state index >= 15 is 0 Å². The summed E-state index contributed by atoms with van der Waals surface area (Å²) in [6, 6.07) is 10.3. The van der Waals surface area contributed by atoms with Crippen LogP contribution in [0.5, 0.6) is 6.01 Å². The maximum absolute atomic E-state index is 9.30. The van der Waals surface area contributed by atoms with Crippen molar-refractivity contribution in [1.29, 1.82) is 5.26 Å². The summed E-state index contributed by atoms with van der Waals surface area (Å²) in [7, 11) is 0. The summed E-state index contributed by atoms with van der Waals surface area (Å²) in [5.74, 6) is 1.01. The molecule has 2 aliphatic heterocycles. The van der Waals surface area contributed by atoms with E-state index in [-0.39, 0.29) is 11.5 Å². The van der Waals surface area contributed by atoms with Gasteiger partial charge in [-0.05, 0) is 82.5 Å². The first-order valence-corrected chi connectivity index (χ1v) is 14.8. The lowest BCUT2D eigenvalue weighted by atomic mass is 9.69. The zero-order chi connectivity index (χ0) is 26.3. The first-order chi connectivity index (χ1) is 18.5. The molecule has 3 heterocycles. The van der Waals surface area contributed by atoms with E-state index in [0.717, 1.165) is 81.2 Å². The molecule has 3 atom stereocenters. The predicted octanol–water partition coefficient (Wildman–Crippen LogP) is 4.45. The fraction of sp³-hybridized carbons (Fsp3) is 0.633. The van der Waals surface area contributed by atoms with Gasteiger partial charge in [0.25, 0.3) is 0 Å². The average molecular weight is 535 g/mol. The summed E-state index contributed by atoms with van der Waals surface area (Å²) in [5.41, 5.74) is 5.21. The normalized spacial score (nSPS) is 27.0. The molecule has 1 N–H and O–H groups in total. The second-order valence-corrected chi connectivity index (χ2v) is 12.3. The van der Waals surface area contributed by atoms with Gasteiger partial charge in [-0.2, -0.15) is 15.2 Å². The predicted molar refractivity (Wildman–Crippen MR) is 150 cm³/mol. The first-order valence-electron chi connectivity index (χ1n) is 14.4. The second-order valence-electron chi connectivity index (χ2n) is 11.9. The Morgan fingerprint density at radius 1 is 1.21 bits per heavy atom. The third-order valence-corrected chi connectivity index (χ3v) is 9.69. The van der Waals surface area contributed by atoms with E-state index in [1.54, 1.807) is 0 Å². The van der Waals surface area contributed by atoms with Gasteiger partial charge >= 0.3 is 6.01 Å². The molecule has 6 rings (SSSR count). The van der Waals surface area contributed by atoms with Gasteiger partial charge in [0.15, 0.2) is 0 Å². The van der Waals surface area contributed by atoms with Crippen LogP contribution in [0.2, 0.25) is 5.02 Å². The Labute approximate surface area is 231 Å². The monoisotopic (exact) mass is 534 g/mol. The number of likely N-dealkylation sites (tertiary alicyclic amines) is 1. The lowest BCUT2D eigenvalue weighted by Crippen LogP contribution is -2.51. The van der Waals surface area contributed by atoms with E-state index in [2.05, 4.69) is 47.2 Å². The van der Waals surface area contributed by atoms with E-state index in [1.807, 2.05) is 6.07 Å². The average Bonchev–Trinajstić information content (AvgIpc) is 3.53. The van der Waals surface area contributed by atoms with Crippen LogP contribution in [0.15, 0.2) is 18.2 Å². The van der Waals surface area contributed by atoms with Crippen LogP contribution in [0, 0.1) is 11.3 Å². The Hall–Kier alpha value is -2.40. The standard InChI is InChI=1S/C30H39ClN6O/c1-20(2)37-15-4-5-22(37)19-38-29-34-27-17-30(11-8-23-25(30)6-3-7-26(23)31)12-9-24(27)28(35-29)36-16-14-33-21(18-36)10-13-32/h3,6-7,20-22,33H,4-5,8-12,14-19H2,1-2H3/t21-,22-,30?/m0/s1. The maximum atomic E-state index is 9.30. The molecule has 0 amide bonds. The van der Waals surface area contributed by atoms with Crippen molar-refractivity contribution in [3.05, 3.63) is 45.6 Å². The molecular formula is C30H39ClN6O. The van der Waals surface area contributed by atoms with Crippen LogP contribution in [0.3, 0.4) is 0 Å². The minimum absolute atomic E-state index is 0.0861. The molecule has 2 saturated heterocycles. The van der Waals surface area contributed by atoms with E-state index in [0.29, 0.717) is 31.1 Å². The van der Waals surface area contributed by atoms with Crippen LogP contribution < -0.4 is 15.0 Å². The molecule has 202 valence electrons. The van der Waals surface area contributed by atoms with Crippen molar-refractivity contribution in [1.82, 2.24) is 20.2 Å². The highest BCUT2D eigenvalue weighted by Crippen LogP contribution is 2.50. The van der Waals surface area contributed by atoms with Gasteiger partial charge in [-0.1, -0.05) is 23.7 Å². The summed E-state index contributed by atoms with van der Waals surface area (Å²) in [6.45, 7) is 8.79. The zero-order valence-electron chi connectivity index (χ0n) is 22.7. The fourth-order valence-corrected chi connectivity index (χ4v) is 7.67. The third kappa shape index (κ3) is 4.76. The van der Waals surface area contributed by atoms with Crippen molar-refractivity contribution in [3.8, 4) is 12.1 Å². The van der Waals surface area contributed by atoms with Gasteiger partial charge in [0.05, 0.1) is 18.2 Å². The van der Waals surface area contributed by atoms with Gasteiger partial charge in [0.1, 0.15) is 12.4 Å². The summed E-state index contributed by atoms with van der Waals surface area (Å²) in [6.07, 6.45) is 7.96. The number of nitrogens with zero attached hydrogens (tertiary/aromatic N) is 5. The van der Waals surface area contributed by atoms with Gasteiger partial charge < -0.3 is 15.0 Å². The minimum atomic E-state index is 0.0861. The summed E-state index contributed by atoms with van der Waals surface area (Å²) in [5, 5.41) is 13.7. The molecule has 2 fully saturated rings. The smallest absolute Gasteiger partial charge is 0.318 e. The quantitative estimate of drug-likeness (QED) is 0.586. The SMILES string of the molecule is CC(C)N1CCC[C@H]1COc1nc2c(c(N3CCN[C@@H](CC#N)C3)n1)CCC1(CCc3c(Cl)cccc31)C2. The van der Waals surface area contributed by atoms with Gasteiger partial charge in [0, 0.05) is 53.8 Å². The van der Waals surface area contributed by atoms with Gasteiger partial charge in [-0.15, -0.1) is 0 Å². The number of piperazine rings is 1. The Morgan fingerprint density at radius 3 is 2.87 bits per heavy atom. The topological polar surface area (TPSA) is 77.3 Å². The molecule has 8 heteroatoms. The number of anilines is 1. The molecule has 1 aromatic heterocycles. The van der Waals surface area contributed by atoms with Crippen LogP contribution >= 0.6 is 11.6 Å². The summed E-state index contributed by atoms with van der Waals surface area (Å²) < 4.78 is 6.40. The van der Waals surface area contributed by atoms with Crippen LogP contribution in [0.4, 0.5) is 5.82 Å². The molecule has 38 heavy (non-hydrogen) atoms. The van der Waals surface area contributed by atoms with Crippen LogP contribution in [0.1, 0.15) is 68.3 Å². The number of nitrogens with one attached hydrogen (secondary N) is 1. The molecule has 2 aliphatic carbocycles. The van der Waals surface area contributed by atoms with Gasteiger partial charge in [-0.3, -0.25) is 4.90 Å². The zero-order valence-corrected chi connectivity index (χ0v) is 23.4. The minimum Gasteiger partial charge on any atom is -0.462 e. The number of rotatable bonds is 6. The number of benzene rings is 1. The molecule has 4 aliphatic rings. The molecular weight excluding hydrogens is 496 g/mol. The maximum Gasteiger partial charge on any atom is 0.318 e. The van der Waals surface area contributed by atoms with Crippen molar-refractivity contribution in [2.75, 3.05) is 37.7 Å². The van der Waals surface area contributed by atoms with Crippen molar-refractivity contribution >= 4 is 17.4 Å². The van der Waals surface area contributed by atoms with Gasteiger partial charge in [0.2, 0.25) is 0 Å². The van der Waals surface area contributed by atoms with E-state index < -0.39 is 0 Å². The van der Waals surface area contributed by atoms with Crippen LogP contribution in [-0.2, 0) is 24.7 Å². The number of aromatic nitrogens is 2. The Morgan fingerprint density at radius 2 is 2.05 bits per heavy atom. The highest BCUT2D eigenvalue weighted by atomic mass is 35.5. The van der Waals surface area contributed by atoms with Crippen molar-refractivity contribution in [2.24, 2.45) is 0 Å². The number of halogens is 1. The lowest BCUT2D eigenvalue weighted by Gasteiger charge is -2.39. The van der Waals surface area contributed by atoms with E-state index in [9.17, 15) is 5.26 Å². The summed E-state index contributed by atoms with van der Waals surface area (Å²) >= 11 is 6.62. The van der Waals surface area contributed by atoms with E-state index in [1.165, 1.54) is 23.1 Å². The number of hydrogen-bond acceptors (Lipinski definition) is 7. The summed E-state index contributed by atoms with van der Waals surface area (Å²) in [4.78, 5) is 15.0. The molecule has 1 spiro atoms. The van der Waals surface area contributed by atoms with Crippen LogP contribution in [-0.4, -0.2) is 65.8 Å². The Balaban J connectivity index is 1.32. The molecule has 2 aromatic rings. The number of nitriles is 1. The lowest BCUT2D eigenvalue weighted by molar-refractivity contribution is 0.138. The number of hydrogen-bond donors (Lipinski definition) is 1. The number of ether oxygens (including phenoxy) is 1. The third-order valence-electron chi connectivity index (χ3n) is 9.34. The highest BCUT2D eigenvalue weighted by Gasteiger charge is 2.44. The Kier molecular flexibility index (Phi) is 7.24. The molecule has 1 aromatic carbocycles. The highest BCUT2D eigenvalue weighted by molar-refractivity contribution is 6.31. The fourth-order valence-electron chi connectivity index (χ4n) is 7.40. The molecule has 0 bridgehead atoms. The second kappa shape index (κ2) is 10.6. The first kappa shape index (κ1) is 25.9. The molecule has 0 saturated carbocycles. The molecule has 1 unspecified atom stereocenters. The van der Waals surface area contributed by atoms with Gasteiger partial charge in [-0.25, -0.2) is 0 Å². The van der Waals surface area contributed by atoms with E-state index in [4.69, 9.17) is 26.3 Å². The molecule has 0 radical (unpaired) electrons.